The Morgan fingerprint density at radius 1 is 1.24 bits per heavy atom. The fourth-order valence-corrected chi connectivity index (χ4v) is 3.43. The van der Waals surface area contributed by atoms with Crippen molar-refractivity contribution < 1.29 is 0 Å². The highest BCUT2D eigenvalue weighted by atomic mass is 32.2. The molecule has 2 N–H and O–H groups in total. The lowest BCUT2D eigenvalue weighted by Gasteiger charge is -2.35. The van der Waals surface area contributed by atoms with Gasteiger partial charge in [-0.1, -0.05) is 13.3 Å². The lowest BCUT2D eigenvalue weighted by Crippen LogP contribution is -2.46. The van der Waals surface area contributed by atoms with E-state index >= 15 is 0 Å². The molecule has 1 aliphatic heterocycles. The molecule has 124 valence electrons. The highest BCUT2D eigenvalue weighted by Gasteiger charge is 2.19. The molecule has 0 aromatic carbocycles. The molecule has 1 unspecified atom stereocenters. The molecule has 0 amide bonds. The molecule has 0 aromatic rings. The summed E-state index contributed by atoms with van der Waals surface area (Å²) >= 11 is 1.92. The molecule has 0 bridgehead atoms. The van der Waals surface area contributed by atoms with Crippen LogP contribution in [-0.4, -0.2) is 62.1 Å². The van der Waals surface area contributed by atoms with E-state index in [-0.39, 0.29) is 0 Å². The lowest BCUT2D eigenvalue weighted by molar-refractivity contribution is 0.147. The summed E-state index contributed by atoms with van der Waals surface area (Å²) in [6.45, 7) is 6.71. The van der Waals surface area contributed by atoms with Gasteiger partial charge in [0.1, 0.15) is 0 Å². The second-order valence-electron chi connectivity index (χ2n) is 5.72. The van der Waals surface area contributed by atoms with Crippen LogP contribution in [0.25, 0.3) is 0 Å². The Labute approximate surface area is 135 Å². The molecular weight excluding hydrogens is 280 g/mol. The number of rotatable bonds is 9. The average Bonchev–Trinajstić information content (AvgIpc) is 2.53. The minimum Gasteiger partial charge on any atom is -0.356 e. The van der Waals surface area contributed by atoms with Crippen LogP contribution < -0.4 is 10.6 Å². The summed E-state index contributed by atoms with van der Waals surface area (Å²) in [5.74, 6) is 2.20. The van der Waals surface area contributed by atoms with E-state index in [0.29, 0.717) is 0 Å². The molecule has 1 aliphatic rings. The highest BCUT2D eigenvalue weighted by molar-refractivity contribution is 7.98. The van der Waals surface area contributed by atoms with Gasteiger partial charge in [-0.25, -0.2) is 0 Å². The Hall–Kier alpha value is -0.420. The summed E-state index contributed by atoms with van der Waals surface area (Å²) in [5.41, 5.74) is 0. The molecule has 1 saturated heterocycles. The molecule has 1 atom stereocenters. The fraction of sp³-hybridized carbons (Fsp3) is 0.938. The van der Waals surface area contributed by atoms with Gasteiger partial charge in [-0.3, -0.25) is 9.89 Å². The molecule has 0 radical (unpaired) electrons. The van der Waals surface area contributed by atoms with Gasteiger partial charge in [0.25, 0.3) is 0 Å². The number of aliphatic imine (C=N–C) groups is 1. The minimum atomic E-state index is 0.794. The van der Waals surface area contributed by atoms with Crippen molar-refractivity contribution in [3.05, 3.63) is 0 Å². The molecular formula is C16H34N4S. The maximum Gasteiger partial charge on any atom is 0.191 e. The molecule has 1 heterocycles. The smallest absolute Gasteiger partial charge is 0.191 e. The van der Waals surface area contributed by atoms with Gasteiger partial charge in [-0.05, 0) is 50.7 Å². The van der Waals surface area contributed by atoms with E-state index in [2.05, 4.69) is 33.7 Å². The molecule has 5 heteroatoms. The van der Waals surface area contributed by atoms with Crippen LogP contribution in [0.1, 0.15) is 45.4 Å². The van der Waals surface area contributed by atoms with Gasteiger partial charge in [0.15, 0.2) is 5.96 Å². The largest absolute Gasteiger partial charge is 0.356 e. The van der Waals surface area contributed by atoms with E-state index in [4.69, 9.17) is 0 Å². The first-order valence-corrected chi connectivity index (χ1v) is 9.88. The van der Waals surface area contributed by atoms with Crippen LogP contribution in [0.4, 0.5) is 0 Å². The normalized spacial score (nSPS) is 20.5. The molecule has 21 heavy (non-hydrogen) atoms. The number of nitrogens with one attached hydrogen (secondary N) is 2. The van der Waals surface area contributed by atoms with Crippen LogP contribution >= 0.6 is 11.8 Å². The number of nitrogens with zero attached hydrogens (tertiary/aromatic N) is 2. The van der Waals surface area contributed by atoms with Crippen LogP contribution in [0.5, 0.6) is 0 Å². The van der Waals surface area contributed by atoms with E-state index in [0.717, 1.165) is 31.6 Å². The Bertz CT molecular complexity index is 283. The van der Waals surface area contributed by atoms with E-state index in [1.54, 1.807) is 0 Å². The number of thioether (sulfide) groups is 1. The zero-order valence-electron chi connectivity index (χ0n) is 14.2. The summed E-state index contributed by atoms with van der Waals surface area (Å²) in [6.07, 6.45) is 10.1. The third-order valence-electron chi connectivity index (χ3n) is 4.20. The van der Waals surface area contributed by atoms with E-state index < -0.39 is 0 Å². The molecule has 0 spiro atoms. The third-order valence-corrected chi connectivity index (χ3v) is 4.90. The number of guanidine groups is 1. The molecule has 4 nitrogen and oxygen atoms in total. The summed E-state index contributed by atoms with van der Waals surface area (Å²) < 4.78 is 0. The molecule has 0 aliphatic carbocycles. The highest BCUT2D eigenvalue weighted by Crippen LogP contribution is 2.18. The van der Waals surface area contributed by atoms with Crippen LogP contribution in [-0.2, 0) is 0 Å². The Morgan fingerprint density at radius 2 is 2.05 bits per heavy atom. The van der Waals surface area contributed by atoms with Gasteiger partial charge in [-0.2, -0.15) is 11.8 Å². The lowest BCUT2D eigenvalue weighted by atomic mass is 10.0. The van der Waals surface area contributed by atoms with Gasteiger partial charge in [-0.15, -0.1) is 0 Å². The minimum absolute atomic E-state index is 0.794. The van der Waals surface area contributed by atoms with Crippen LogP contribution in [0.2, 0.25) is 0 Å². The fourth-order valence-electron chi connectivity index (χ4n) is 2.93. The molecule has 1 rings (SSSR count). The van der Waals surface area contributed by atoms with Crippen LogP contribution in [0.15, 0.2) is 4.99 Å². The summed E-state index contributed by atoms with van der Waals surface area (Å²) in [7, 11) is 1.85. The quantitative estimate of drug-likeness (QED) is 0.390. The van der Waals surface area contributed by atoms with Crippen molar-refractivity contribution in [1.29, 1.82) is 0 Å². The first kappa shape index (κ1) is 18.6. The number of piperidine rings is 1. The first-order chi connectivity index (χ1) is 10.3. The predicted octanol–water partition coefficient (Wildman–Crippen LogP) is 2.56. The Kier molecular flexibility index (Phi) is 10.8. The average molecular weight is 315 g/mol. The number of hydrogen-bond acceptors (Lipinski definition) is 3. The predicted molar refractivity (Wildman–Crippen MR) is 96.5 cm³/mol. The Morgan fingerprint density at radius 3 is 2.76 bits per heavy atom. The number of hydrogen-bond donors (Lipinski definition) is 2. The number of likely N-dealkylation sites (tertiary alicyclic amines) is 1. The van der Waals surface area contributed by atoms with Gasteiger partial charge >= 0.3 is 0 Å². The van der Waals surface area contributed by atoms with Crippen molar-refractivity contribution in [3.63, 3.8) is 0 Å². The van der Waals surface area contributed by atoms with Crippen LogP contribution in [0, 0.1) is 0 Å². The SMILES string of the molecule is CCC1CCCCN1CCNC(=NC)NCCCCSC. The summed E-state index contributed by atoms with van der Waals surface area (Å²) in [5, 5.41) is 6.85. The van der Waals surface area contributed by atoms with Gasteiger partial charge in [0.05, 0.1) is 0 Å². The van der Waals surface area contributed by atoms with E-state index in [9.17, 15) is 0 Å². The standard InChI is InChI=1S/C16H34N4S/c1-4-15-9-5-7-12-20(15)13-11-19-16(17-2)18-10-6-8-14-21-3/h15H,4-14H2,1-3H3,(H2,17,18,19). The van der Waals surface area contributed by atoms with E-state index in [1.165, 1.54) is 50.8 Å². The van der Waals surface area contributed by atoms with Gasteiger partial charge in [0.2, 0.25) is 0 Å². The van der Waals surface area contributed by atoms with Crippen molar-refractivity contribution in [1.82, 2.24) is 15.5 Å². The van der Waals surface area contributed by atoms with E-state index in [1.807, 2.05) is 18.8 Å². The second-order valence-corrected chi connectivity index (χ2v) is 6.71. The van der Waals surface area contributed by atoms with Crippen molar-refractivity contribution in [3.8, 4) is 0 Å². The van der Waals surface area contributed by atoms with Crippen molar-refractivity contribution in [2.75, 3.05) is 45.2 Å². The maximum absolute atomic E-state index is 4.30. The Balaban J connectivity index is 2.13. The third kappa shape index (κ3) is 7.96. The van der Waals surface area contributed by atoms with Gasteiger partial charge < -0.3 is 10.6 Å². The summed E-state index contributed by atoms with van der Waals surface area (Å²) in [4.78, 5) is 6.94. The number of unbranched alkanes of at least 4 members (excludes halogenated alkanes) is 1. The van der Waals surface area contributed by atoms with Crippen LogP contribution in [0.3, 0.4) is 0 Å². The molecule has 1 fully saturated rings. The second kappa shape index (κ2) is 12.2. The van der Waals surface area contributed by atoms with Gasteiger partial charge in [0, 0.05) is 32.7 Å². The summed E-state index contributed by atoms with van der Waals surface area (Å²) in [6, 6.07) is 0.794. The molecule has 0 aromatic heterocycles. The topological polar surface area (TPSA) is 39.7 Å². The zero-order valence-corrected chi connectivity index (χ0v) is 15.0. The maximum atomic E-state index is 4.30. The van der Waals surface area contributed by atoms with Crippen molar-refractivity contribution in [2.24, 2.45) is 4.99 Å². The monoisotopic (exact) mass is 314 g/mol. The first-order valence-electron chi connectivity index (χ1n) is 8.49. The van der Waals surface area contributed by atoms with Crippen molar-refractivity contribution in [2.45, 2.75) is 51.5 Å². The molecule has 0 saturated carbocycles. The zero-order chi connectivity index (χ0) is 15.3. The van der Waals surface area contributed by atoms with Crippen molar-refractivity contribution >= 4 is 17.7 Å².